The minimum absolute atomic E-state index is 0.0317. The summed E-state index contributed by atoms with van der Waals surface area (Å²) in [7, 11) is -1.42. The number of ketones is 1. The summed E-state index contributed by atoms with van der Waals surface area (Å²) < 4.78 is 30.0. The molecule has 0 spiro atoms. The monoisotopic (exact) mass is 587 g/mol. The number of benzene rings is 1. The van der Waals surface area contributed by atoms with Crippen LogP contribution in [-0.4, -0.2) is 51.8 Å². The van der Waals surface area contributed by atoms with Crippen molar-refractivity contribution in [2.75, 3.05) is 23.4 Å². The number of Topliss-reactive ketones (excluding diaryl/α,β-unsaturated/α-hetero) is 1. The highest BCUT2D eigenvalue weighted by Crippen LogP contribution is 2.33. The Bertz CT molecular complexity index is 1710. The third-order valence-corrected chi connectivity index (χ3v) is 8.89. The fourth-order valence-corrected chi connectivity index (χ4v) is 6.48. The summed E-state index contributed by atoms with van der Waals surface area (Å²) in [6.45, 7) is -0.173. The maximum absolute atomic E-state index is 13.1. The van der Waals surface area contributed by atoms with E-state index in [9.17, 15) is 18.0 Å². The number of hydrogen-bond donors (Lipinski definition) is 1. The summed E-state index contributed by atoms with van der Waals surface area (Å²) in [4.78, 5) is 38.5. The second-order valence-electron chi connectivity index (χ2n) is 9.18. The Balaban J connectivity index is 1.28. The van der Waals surface area contributed by atoms with Crippen molar-refractivity contribution in [3.63, 3.8) is 0 Å². The minimum atomic E-state index is -3.03. The fraction of sp³-hybridized carbons (Fsp3) is 0.269. The van der Waals surface area contributed by atoms with Crippen molar-refractivity contribution in [2.45, 2.75) is 12.8 Å². The van der Waals surface area contributed by atoms with Crippen LogP contribution in [0.4, 0.5) is 11.6 Å². The maximum atomic E-state index is 13.1. The Kier molecular flexibility index (Phi) is 7.57. The van der Waals surface area contributed by atoms with Gasteiger partial charge in [-0.25, -0.2) is 18.4 Å². The second-order valence-corrected chi connectivity index (χ2v) is 12.3. The lowest BCUT2D eigenvalue weighted by atomic mass is 9.98. The first-order chi connectivity index (χ1) is 18.6. The van der Waals surface area contributed by atoms with Crippen LogP contribution in [0.2, 0.25) is 10.0 Å². The number of pyridine rings is 2. The lowest BCUT2D eigenvalue weighted by Crippen LogP contribution is -2.31. The molecule has 0 atom stereocenters. The predicted molar refractivity (Wildman–Crippen MR) is 150 cm³/mol. The van der Waals surface area contributed by atoms with Gasteiger partial charge < -0.3 is 10.1 Å². The van der Waals surface area contributed by atoms with Gasteiger partial charge in [-0.2, -0.15) is 4.98 Å². The van der Waals surface area contributed by atoms with E-state index in [2.05, 4.69) is 20.3 Å². The van der Waals surface area contributed by atoms with E-state index < -0.39 is 9.84 Å². The van der Waals surface area contributed by atoms with Crippen LogP contribution in [0, 0.1) is 5.92 Å². The molecule has 13 heteroatoms. The minimum Gasteiger partial charge on any atom is -0.470 e. The normalized spacial score (nSPS) is 15.3. The number of hydrogen-bond acceptors (Lipinski definition) is 9. The first-order valence-corrected chi connectivity index (χ1v) is 14.6. The van der Waals surface area contributed by atoms with Gasteiger partial charge in [-0.05, 0) is 37.1 Å². The molecule has 0 aliphatic carbocycles. The van der Waals surface area contributed by atoms with Crippen molar-refractivity contribution in [3.05, 3.63) is 69.2 Å². The van der Waals surface area contributed by atoms with E-state index in [4.69, 9.17) is 27.9 Å². The number of halogens is 2. The molecular formula is C26H23Cl2N5O5S. The maximum Gasteiger partial charge on any atom is 0.259 e. The van der Waals surface area contributed by atoms with E-state index in [-0.39, 0.29) is 47.2 Å². The number of ether oxygens (including phenoxy) is 1. The van der Waals surface area contributed by atoms with Crippen molar-refractivity contribution in [1.82, 2.24) is 19.5 Å². The number of aryl methyl sites for hydroxylation is 1. The Morgan fingerprint density at radius 2 is 1.82 bits per heavy atom. The molecule has 0 unspecified atom stereocenters. The Labute approximate surface area is 233 Å². The summed E-state index contributed by atoms with van der Waals surface area (Å²) in [5.74, 6) is 0.120. The SMILES string of the molecule is Cn1c(=O)c(-c2c(Cl)cccc2Cl)cc2cnc(Nc3ccc(OCC(=O)C4CCS(=O)(=O)CC4)nc3)nc21. The van der Waals surface area contributed by atoms with Gasteiger partial charge in [0, 0.05) is 36.2 Å². The number of aromatic nitrogens is 4. The van der Waals surface area contributed by atoms with Crippen molar-refractivity contribution in [1.29, 1.82) is 0 Å². The highest BCUT2D eigenvalue weighted by atomic mass is 35.5. The quantitative estimate of drug-likeness (QED) is 0.337. The van der Waals surface area contributed by atoms with Crippen molar-refractivity contribution < 1.29 is 17.9 Å². The molecule has 1 N–H and O–H groups in total. The van der Waals surface area contributed by atoms with Crippen LogP contribution < -0.4 is 15.6 Å². The molecule has 202 valence electrons. The summed E-state index contributed by atoms with van der Waals surface area (Å²) in [6.07, 6.45) is 3.74. The van der Waals surface area contributed by atoms with Crippen molar-refractivity contribution in [2.24, 2.45) is 13.0 Å². The van der Waals surface area contributed by atoms with E-state index >= 15 is 0 Å². The van der Waals surface area contributed by atoms with Gasteiger partial charge in [-0.3, -0.25) is 14.2 Å². The third-order valence-electron chi connectivity index (χ3n) is 6.55. The van der Waals surface area contributed by atoms with Crippen LogP contribution in [0.5, 0.6) is 5.88 Å². The summed E-state index contributed by atoms with van der Waals surface area (Å²) in [6, 6.07) is 10.00. The molecule has 1 fully saturated rings. The molecule has 5 rings (SSSR count). The highest BCUT2D eigenvalue weighted by Gasteiger charge is 2.28. The summed E-state index contributed by atoms with van der Waals surface area (Å²) in [5, 5.41) is 4.39. The standard InChI is InChI=1S/C26H23Cl2N5O5S/c1-33-24-16(11-18(25(33)35)23-19(27)3-2-4-20(23)28)12-30-26(32-24)31-17-5-6-22(29-13-17)38-14-21(34)15-7-9-39(36,37)10-8-15/h2-6,11-13,15H,7-10,14H2,1H3,(H,30,31,32). The number of nitrogens with one attached hydrogen (secondary N) is 1. The zero-order valence-corrected chi connectivity index (χ0v) is 23.1. The first-order valence-electron chi connectivity index (χ1n) is 12.0. The fourth-order valence-electron chi connectivity index (χ4n) is 4.38. The van der Waals surface area contributed by atoms with Crippen LogP contribution in [0.1, 0.15) is 12.8 Å². The number of carbonyl (C=O) groups is 1. The molecule has 4 heterocycles. The largest absolute Gasteiger partial charge is 0.470 e. The predicted octanol–water partition coefficient (Wildman–Crippen LogP) is 4.21. The van der Waals surface area contributed by atoms with Gasteiger partial charge in [-0.1, -0.05) is 29.3 Å². The first kappa shape index (κ1) is 27.0. The average Bonchev–Trinajstić information content (AvgIpc) is 2.91. The van der Waals surface area contributed by atoms with E-state index in [0.717, 1.165) is 0 Å². The van der Waals surface area contributed by atoms with Crippen LogP contribution in [0.15, 0.2) is 53.6 Å². The molecule has 0 saturated carbocycles. The Hall–Kier alpha value is -3.54. The highest BCUT2D eigenvalue weighted by molar-refractivity contribution is 7.91. The Morgan fingerprint density at radius 1 is 1.10 bits per heavy atom. The van der Waals surface area contributed by atoms with Gasteiger partial charge >= 0.3 is 0 Å². The molecule has 3 aromatic heterocycles. The number of fused-ring (bicyclic) bond motifs is 1. The van der Waals surface area contributed by atoms with E-state index in [1.807, 2.05) is 0 Å². The molecule has 0 radical (unpaired) electrons. The van der Waals surface area contributed by atoms with E-state index in [1.165, 1.54) is 10.8 Å². The topological polar surface area (TPSA) is 133 Å². The lowest BCUT2D eigenvalue weighted by molar-refractivity contribution is -0.125. The van der Waals surface area contributed by atoms with Gasteiger partial charge in [0.15, 0.2) is 5.78 Å². The number of rotatable bonds is 7. The van der Waals surface area contributed by atoms with Gasteiger partial charge in [0.25, 0.3) is 5.56 Å². The van der Waals surface area contributed by atoms with E-state index in [0.29, 0.717) is 50.7 Å². The number of nitrogens with zero attached hydrogens (tertiary/aromatic N) is 4. The van der Waals surface area contributed by atoms with Gasteiger partial charge in [0.2, 0.25) is 11.8 Å². The molecule has 0 bridgehead atoms. The molecule has 4 aromatic rings. The molecular weight excluding hydrogens is 565 g/mol. The van der Waals surface area contributed by atoms with Gasteiger partial charge in [-0.15, -0.1) is 0 Å². The van der Waals surface area contributed by atoms with Crippen LogP contribution in [0.25, 0.3) is 22.2 Å². The van der Waals surface area contributed by atoms with Gasteiger partial charge in [0.05, 0.1) is 39.0 Å². The smallest absolute Gasteiger partial charge is 0.259 e. The Morgan fingerprint density at radius 3 is 2.49 bits per heavy atom. The summed E-state index contributed by atoms with van der Waals surface area (Å²) in [5.41, 5.74) is 1.46. The number of sulfone groups is 1. The van der Waals surface area contributed by atoms with Crippen molar-refractivity contribution in [3.8, 4) is 17.0 Å². The lowest BCUT2D eigenvalue weighted by Gasteiger charge is -2.20. The molecule has 1 aromatic carbocycles. The third kappa shape index (κ3) is 5.90. The zero-order chi connectivity index (χ0) is 27.7. The molecule has 1 aliphatic heterocycles. The molecule has 1 aliphatic rings. The van der Waals surface area contributed by atoms with Crippen LogP contribution >= 0.6 is 23.2 Å². The second kappa shape index (κ2) is 10.9. The number of carbonyl (C=O) groups excluding carboxylic acids is 1. The van der Waals surface area contributed by atoms with E-state index in [1.54, 1.807) is 49.6 Å². The molecule has 0 amide bonds. The van der Waals surface area contributed by atoms with Gasteiger partial charge in [0.1, 0.15) is 22.1 Å². The zero-order valence-electron chi connectivity index (χ0n) is 20.7. The molecule has 10 nitrogen and oxygen atoms in total. The van der Waals surface area contributed by atoms with Crippen LogP contribution in [-0.2, 0) is 21.7 Å². The molecule has 1 saturated heterocycles. The average molecular weight is 588 g/mol. The summed E-state index contributed by atoms with van der Waals surface area (Å²) >= 11 is 12.6. The molecule has 39 heavy (non-hydrogen) atoms. The number of anilines is 2. The van der Waals surface area contributed by atoms with Crippen molar-refractivity contribution >= 4 is 61.5 Å². The van der Waals surface area contributed by atoms with Crippen LogP contribution in [0.3, 0.4) is 0 Å².